The molecule has 2 aromatic heterocycles. The van der Waals surface area contributed by atoms with Crippen LogP contribution in [-0.2, 0) is 4.79 Å². The monoisotopic (exact) mass is 480 g/mol. The number of amides is 1. The molecule has 4 N–H and O–H groups in total. The van der Waals surface area contributed by atoms with E-state index in [-0.39, 0.29) is 36.8 Å². The highest BCUT2D eigenvalue weighted by Crippen LogP contribution is 2.27. The number of nitrogens with one attached hydrogen (secondary N) is 2. The highest BCUT2D eigenvalue weighted by Gasteiger charge is 2.22. The zero-order valence-corrected chi connectivity index (χ0v) is 19.6. The topological polar surface area (TPSA) is 134 Å². The zero-order chi connectivity index (χ0) is 24.2. The molecule has 0 bridgehead atoms. The van der Waals surface area contributed by atoms with Crippen LogP contribution >= 0.6 is 0 Å². The molecule has 0 aliphatic heterocycles. The van der Waals surface area contributed by atoms with E-state index in [1.165, 1.54) is 0 Å². The third kappa shape index (κ3) is 5.71. The lowest BCUT2D eigenvalue weighted by atomic mass is 9.93. The number of hydrogen-bond acceptors (Lipinski definition) is 8. The van der Waals surface area contributed by atoms with Crippen LogP contribution in [0, 0.1) is 0 Å². The van der Waals surface area contributed by atoms with Gasteiger partial charge in [0.15, 0.2) is 12.4 Å². The lowest BCUT2D eigenvalue weighted by molar-refractivity contribution is -0.124. The number of rotatable bonds is 7. The third-order valence-corrected chi connectivity index (χ3v) is 6.88. The molecular formula is C25H32N6O4. The third-order valence-electron chi connectivity index (χ3n) is 6.88. The highest BCUT2D eigenvalue weighted by atomic mass is 16.5. The van der Waals surface area contributed by atoms with Gasteiger partial charge in [-0.15, -0.1) is 0 Å². The molecule has 2 aliphatic rings. The fourth-order valence-electron chi connectivity index (χ4n) is 4.91. The molecule has 10 nitrogen and oxygen atoms in total. The van der Waals surface area contributed by atoms with Crippen molar-refractivity contribution in [2.24, 2.45) is 0 Å². The Morgan fingerprint density at radius 3 is 2.46 bits per heavy atom. The summed E-state index contributed by atoms with van der Waals surface area (Å²) in [6, 6.07) is 7.75. The molecule has 2 saturated carbocycles. The first-order chi connectivity index (χ1) is 17.0. The number of ether oxygens (including phenoxy) is 1. The Bertz CT molecular complexity index is 1150. The van der Waals surface area contributed by atoms with Gasteiger partial charge in [0.2, 0.25) is 5.95 Å². The zero-order valence-electron chi connectivity index (χ0n) is 19.6. The van der Waals surface area contributed by atoms with Gasteiger partial charge in [-0.3, -0.25) is 4.79 Å². The molecule has 3 aromatic rings. The number of benzene rings is 1. The Morgan fingerprint density at radius 1 is 1.00 bits per heavy atom. The summed E-state index contributed by atoms with van der Waals surface area (Å²) in [7, 11) is 0. The summed E-state index contributed by atoms with van der Waals surface area (Å²) in [5, 5.41) is 31.0. The fourth-order valence-corrected chi connectivity index (χ4v) is 4.91. The molecule has 0 atom stereocenters. The van der Waals surface area contributed by atoms with Gasteiger partial charge in [-0.25, -0.2) is 9.67 Å². The van der Waals surface area contributed by atoms with Gasteiger partial charge in [-0.1, -0.05) is 6.07 Å². The highest BCUT2D eigenvalue weighted by molar-refractivity contribution is 5.87. The molecule has 2 heterocycles. The quantitative estimate of drug-likeness (QED) is 0.405. The van der Waals surface area contributed by atoms with Gasteiger partial charge in [-0.2, -0.15) is 10.1 Å². The van der Waals surface area contributed by atoms with Crippen molar-refractivity contribution < 1.29 is 19.7 Å². The molecule has 2 aliphatic carbocycles. The average molecular weight is 481 g/mol. The number of anilines is 1. The summed E-state index contributed by atoms with van der Waals surface area (Å²) in [5.74, 6) is 1.57. The van der Waals surface area contributed by atoms with Crippen molar-refractivity contribution in [3.63, 3.8) is 0 Å². The Balaban J connectivity index is 1.25. The number of fused-ring (bicyclic) bond motifs is 1. The normalized spacial score (nSPS) is 24.7. The molecule has 1 aromatic carbocycles. The lowest BCUT2D eigenvalue weighted by Gasteiger charge is -2.26. The summed E-state index contributed by atoms with van der Waals surface area (Å²) in [4.78, 5) is 21.4. The van der Waals surface area contributed by atoms with E-state index in [4.69, 9.17) is 4.74 Å². The number of aromatic nitrogens is 4. The second-order valence-electron chi connectivity index (χ2n) is 9.50. The van der Waals surface area contributed by atoms with E-state index in [0.29, 0.717) is 30.4 Å². The lowest BCUT2D eigenvalue weighted by Crippen LogP contribution is -2.40. The van der Waals surface area contributed by atoms with Crippen molar-refractivity contribution in [1.29, 1.82) is 0 Å². The summed E-state index contributed by atoms with van der Waals surface area (Å²) in [6.07, 6.45) is 9.29. The molecule has 0 spiro atoms. The van der Waals surface area contributed by atoms with Crippen LogP contribution in [0.1, 0.15) is 51.4 Å². The minimum atomic E-state index is -0.253. The second-order valence-corrected chi connectivity index (χ2v) is 9.50. The van der Waals surface area contributed by atoms with E-state index in [0.717, 1.165) is 49.4 Å². The van der Waals surface area contributed by atoms with Crippen LogP contribution in [0.2, 0.25) is 0 Å². The van der Waals surface area contributed by atoms with Crippen LogP contribution in [0.5, 0.6) is 5.75 Å². The predicted octanol–water partition coefficient (Wildman–Crippen LogP) is 2.33. The van der Waals surface area contributed by atoms with E-state index in [9.17, 15) is 15.0 Å². The van der Waals surface area contributed by atoms with Crippen molar-refractivity contribution >= 4 is 22.8 Å². The molecule has 0 saturated heterocycles. The molecule has 35 heavy (non-hydrogen) atoms. The molecular weight excluding hydrogens is 448 g/mol. The largest absolute Gasteiger partial charge is 0.483 e. The predicted molar refractivity (Wildman–Crippen MR) is 130 cm³/mol. The Labute approximate surface area is 203 Å². The van der Waals surface area contributed by atoms with E-state index in [1.54, 1.807) is 23.1 Å². The smallest absolute Gasteiger partial charge is 0.258 e. The van der Waals surface area contributed by atoms with E-state index in [1.807, 2.05) is 18.2 Å². The first-order valence-corrected chi connectivity index (χ1v) is 12.4. The average Bonchev–Trinajstić information content (AvgIpc) is 3.31. The Kier molecular flexibility index (Phi) is 7.10. The first-order valence-electron chi connectivity index (χ1n) is 12.4. The van der Waals surface area contributed by atoms with Gasteiger partial charge in [-0.05, 0) is 63.5 Å². The SMILES string of the molecule is O=C(COc1cccc2c1cnn2-c1ccnc(NC2CCC(O)CC2)n1)NC1CCC(O)CC1. The van der Waals surface area contributed by atoms with Crippen LogP contribution in [0.25, 0.3) is 16.7 Å². The van der Waals surface area contributed by atoms with Crippen molar-refractivity contribution in [1.82, 2.24) is 25.1 Å². The number of aliphatic hydroxyl groups excluding tert-OH is 2. The van der Waals surface area contributed by atoms with Gasteiger partial charge in [0.05, 0.1) is 29.3 Å². The minimum Gasteiger partial charge on any atom is -0.483 e. The van der Waals surface area contributed by atoms with Crippen molar-refractivity contribution in [2.45, 2.75) is 75.7 Å². The van der Waals surface area contributed by atoms with Crippen LogP contribution < -0.4 is 15.4 Å². The maximum atomic E-state index is 12.4. The van der Waals surface area contributed by atoms with Crippen molar-refractivity contribution in [3.05, 3.63) is 36.7 Å². The summed E-state index contributed by atoms with van der Waals surface area (Å²) < 4.78 is 7.57. The molecule has 0 unspecified atom stereocenters. The fraction of sp³-hybridized carbons (Fsp3) is 0.520. The number of carbonyl (C=O) groups is 1. The molecule has 0 radical (unpaired) electrons. The molecule has 5 rings (SSSR count). The number of carbonyl (C=O) groups excluding carboxylic acids is 1. The number of hydrogen-bond donors (Lipinski definition) is 4. The Hall–Kier alpha value is -3.24. The minimum absolute atomic E-state index is 0.0823. The second kappa shape index (κ2) is 10.6. The van der Waals surface area contributed by atoms with Crippen molar-refractivity contribution in [2.75, 3.05) is 11.9 Å². The van der Waals surface area contributed by atoms with Crippen LogP contribution in [-0.4, -0.2) is 66.8 Å². The van der Waals surface area contributed by atoms with Crippen LogP contribution in [0.4, 0.5) is 5.95 Å². The van der Waals surface area contributed by atoms with E-state index < -0.39 is 0 Å². The standard InChI is InChI=1S/C25H32N6O4/c32-18-8-4-16(5-9-18)28-24(34)15-35-22-3-1-2-21-20(22)14-27-31(21)23-12-13-26-25(30-23)29-17-6-10-19(33)11-7-17/h1-3,12-14,16-19,32-33H,4-11,15H2,(H,28,34)(H,26,29,30). The van der Waals surface area contributed by atoms with Crippen LogP contribution in [0.3, 0.4) is 0 Å². The maximum Gasteiger partial charge on any atom is 0.258 e. The van der Waals surface area contributed by atoms with E-state index in [2.05, 4.69) is 25.7 Å². The molecule has 1 amide bonds. The summed E-state index contributed by atoms with van der Waals surface area (Å²) in [6.45, 7) is -0.0823. The molecule has 10 heteroatoms. The van der Waals surface area contributed by atoms with Gasteiger partial charge in [0.1, 0.15) is 5.75 Å². The summed E-state index contributed by atoms with van der Waals surface area (Å²) >= 11 is 0. The van der Waals surface area contributed by atoms with Gasteiger partial charge < -0.3 is 25.6 Å². The number of nitrogens with zero attached hydrogens (tertiary/aromatic N) is 4. The van der Waals surface area contributed by atoms with Gasteiger partial charge in [0, 0.05) is 24.3 Å². The molecule has 186 valence electrons. The van der Waals surface area contributed by atoms with Gasteiger partial charge >= 0.3 is 0 Å². The summed E-state index contributed by atoms with van der Waals surface area (Å²) in [5.41, 5.74) is 0.814. The van der Waals surface area contributed by atoms with Crippen molar-refractivity contribution in [3.8, 4) is 11.6 Å². The van der Waals surface area contributed by atoms with Crippen LogP contribution in [0.15, 0.2) is 36.7 Å². The van der Waals surface area contributed by atoms with E-state index >= 15 is 0 Å². The van der Waals surface area contributed by atoms with Gasteiger partial charge in [0.25, 0.3) is 5.91 Å². The first kappa shape index (κ1) is 23.5. The Morgan fingerprint density at radius 2 is 1.71 bits per heavy atom. The maximum absolute atomic E-state index is 12.4. The molecule has 2 fully saturated rings. The number of aliphatic hydroxyl groups is 2.